The zero-order chi connectivity index (χ0) is 36.6. The fraction of sp³-hybridized carbons (Fsp3) is 0.583. The van der Waals surface area contributed by atoms with Crippen molar-refractivity contribution in [3.63, 3.8) is 0 Å². The van der Waals surface area contributed by atoms with Gasteiger partial charge in [-0.25, -0.2) is 24.2 Å². The molecular formula is C36H48ClN7O6S. The number of halogens is 1. The van der Waals surface area contributed by atoms with Gasteiger partial charge in [-0.3, -0.25) is 4.79 Å². The van der Waals surface area contributed by atoms with E-state index in [-0.39, 0.29) is 33.3 Å². The van der Waals surface area contributed by atoms with Crippen LogP contribution in [0.25, 0.3) is 5.82 Å². The van der Waals surface area contributed by atoms with Gasteiger partial charge in [-0.2, -0.15) is 8.42 Å². The molecule has 3 aliphatic rings. The van der Waals surface area contributed by atoms with Crippen LogP contribution in [0, 0.1) is 23.7 Å². The third kappa shape index (κ3) is 9.50. The third-order valence-electron chi connectivity index (χ3n) is 9.69. The van der Waals surface area contributed by atoms with Crippen molar-refractivity contribution in [2.45, 2.75) is 95.7 Å². The maximum Gasteiger partial charge on any atom is 0.410 e. The summed E-state index contributed by atoms with van der Waals surface area (Å²) in [4.78, 5) is 36.1. The van der Waals surface area contributed by atoms with E-state index in [0.717, 1.165) is 37.0 Å². The maximum atomic E-state index is 13.2. The zero-order valence-corrected chi connectivity index (χ0v) is 31.5. The quantitative estimate of drug-likeness (QED) is 0.175. The number of nitrogens with one attached hydrogen (secondary N) is 2. The molecule has 0 unspecified atom stereocenters. The summed E-state index contributed by atoms with van der Waals surface area (Å²) in [5.74, 6) is 2.92. The molecule has 2 amide bonds. The largest absolute Gasteiger partial charge is 0.477 e. The van der Waals surface area contributed by atoms with Crippen molar-refractivity contribution < 1.29 is 27.5 Å². The number of rotatable bonds is 14. The highest BCUT2D eigenvalue weighted by molar-refractivity contribution is 7.90. The molecule has 1 aliphatic heterocycles. The van der Waals surface area contributed by atoms with Gasteiger partial charge in [0.2, 0.25) is 5.88 Å². The van der Waals surface area contributed by atoms with Crippen LogP contribution in [0.1, 0.15) is 89.9 Å². The summed E-state index contributed by atoms with van der Waals surface area (Å²) in [7, 11) is -4.34. The van der Waals surface area contributed by atoms with Crippen molar-refractivity contribution in [2.24, 2.45) is 23.7 Å². The molecule has 0 bridgehead atoms. The number of amides is 2. The van der Waals surface area contributed by atoms with Gasteiger partial charge >= 0.3 is 6.09 Å². The molecule has 13 nitrogen and oxygen atoms in total. The first-order chi connectivity index (χ1) is 24.1. The summed E-state index contributed by atoms with van der Waals surface area (Å²) in [5.41, 5.74) is -1.04. The van der Waals surface area contributed by atoms with E-state index in [4.69, 9.17) is 21.1 Å². The molecule has 1 saturated heterocycles. The highest BCUT2D eigenvalue weighted by Gasteiger charge is 2.43. The average Bonchev–Trinajstić information content (AvgIpc) is 3.98. The lowest BCUT2D eigenvalue weighted by Crippen LogP contribution is -2.45. The van der Waals surface area contributed by atoms with E-state index in [1.165, 1.54) is 48.6 Å². The second kappa shape index (κ2) is 14.6. The normalized spacial score (nSPS) is 18.9. The lowest BCUT2D eigenvalue weighted by Gasteiger charge is -2.33. The molecule has 0 radical (unpaired) electrons. The second-order valence-corrected chi connectivity index (χ2v) is 17.6. The van der Waals surface area contributed by atoms with E-state index in [0.29, 0.717) is 37.2 Å². The number of likely N-dealkylation sites (tertiary alicyclic amines) is 1. The first-order valence-corrected chi connectivity index (χ1v) is 19.6. The highest BCUT2D eigenvalue weighted by Crippen LogP contribution is 2.50. The Morgan fingerprint density at radius 1 is 1.06 bits per heavy atom. The summed E-state index contributed by atoms with van der Waals surface area (Å²) < 4.78 is 41.4. The first-order valence-electron chi connectivity index (χ1n) is 17.7. The second-order valence-electron chi connectivity index (χ2n) is 15.6. The van der Waals surface area contributed by atoms with Crippen LogP contribution in [0.4, 0.5) is 10.6 Å². The van der Waals surface area contributed by atoms with Crippen molar-refractivity contribution >= 4 is 39.4 Å². The Labute approximate surface area is 304 Å². The summed E-state index contributed by atoms with van der Waals surface area (Å²) >= 11 is 6.36. The summed E-state index contributed by atoms with van der Waals surface area (Å²) in [6.07, 6.45) is 9.28. The fourth-order valence-corrected chi connectivity index (χ4v) is 8.12. The molecule has 6 rings (SSSR count). The number of aromatic nitrogens is 4. The minimum absolute atomic E-state index is 0.118. The van der Waals surface area contributed by atoms with Crippen LogP contribution in [0.2, 0.25) is 5.15 Å². The SMILES string of the molecule is CC(C)(C)OC(=O)N1C[C@@H](CCNc2cccc(S(=O)(=O)NC(=O)c3ccc(-n4ccc(OCCC(C5CC5)C5CC5)n4)nc3Cl)n2)CC1(C)C. The van der Waals surface area contributed by atoms with Crippen LogP contribution in [0.15, 0.2) is 47.6 Å². The van der Waals surface area contributed by atoms with Gasteiger partial charge in [-0.1, -0.05) is 17.7 Å². The third-order valence-corrected chi connectivity index (χ3v) is 11.2. The molecule has 0 aromatic carbocycles. The predicted octanol–water partition coefficient (Wildman–Crippen LogP) is 6.48. The van der Waals surface area contributed by atoms with Crippen molar-refractivity contribution in [3.05, 3.63) is 53.3 Å². The topological polar surface area (TPSA) is 158 Å². The van der Waals surface area contributed by atoms with Crippen molar-refractivity contribution in [3.8, 4) is 11.7 Å². The molecule has 3 aromatic rings. The summed E-state index contributed by atoms with van der Waals surface area (Å²) in [5, 5.41) is 7.09. The van der Waals surface area contributed by atoms with Crippen LogP contribution in [0.5, 0.6) is 5.88 Å². The summed E-state index contributed by atoms with van der Waals surface area (Å²) in [6.45, 7) is 11.3. The van der Waals surface area contributed by atoms with Crippen LogP contribution < -0.4 is 14.8 Å². The summed E-state index contributed by atoms with van der Waals surface area (Å²) in [6, 6.07) is 9.17. The average molecular weight is 742 g/mol. The van der Waals surface area contributed by atoms with Gasteiger partial charge in [0.15, 0.2) is 10.8 Å². The molecule has 1 atom stereocenters. The van der Waals surface area contributed by atoms with Gasteiger partial charge in [0, 0.05) is 30.9 Å². The van der Waals surface area contributed by atoms with E-state index in [9.17, 15) is 18.0 Å². The molecule has 51 heavy (non-hydrogen) atoms. The highest BCUT2D eigenvalue weighted by atomic mass is 35.5. The first kappa shape index (κ1) is 36.9. The Hall–Kier alpha value is -3.91. The molecule has 4 heterocycles. The van der Waals surface area contributed by atoms with E-state index in [2.05, 4.69) is 20.4 Å². The Bertz CT molecular complexity index is 1840. The number of carbonyl (C=O) groups is 2. The van der Waals surface area contributed by atoms with Crippen LogP contribution in [-0.2, 0) is 14.8 Å². The molecule has 276 valence electrons. The molecular weight excluding hydrogens is 694 g/mol. The lowest BCUT2D eigenvalue weighted by molar-refractivity contribution is 0.0130. The van der Waals surface area contributed by atoms with Crippen molar-refractivity contribution in [1.29, 1.82) is 0 Å². The number of hydrogen-bond acceptors (Lipinski definition) is 10. The van der Waals surface area contributed by atoms with E-state index < -0.39 is 21.5 Å². The van der Waals surface area contributed by atoms with Gasteiger partial charge in [0.05, 0.1) is 12.2 Å². The number of carbonyl (C=O) groups excluding carboxylic acids is 2. The minimum Gasteiger partial charge on any atom is -0.477 e. The van der Waals surface area contributed by atoms with Gasteiger partial charge in [-0.05, 0) is 128 Å². The van der Waals surface area contributed by atoms with Gasteiger partial charge in [-0.15, -0.1) is 5.10 Å². The van der Waals surface area contributed by atoms with E-state index in [1.807, 2.05) is 39.3 Å². The fourth-order valence-electron chi connectivity index (χ4n) is 6.95. The van der Waals surface area contributed by atoms with Crippen molar-refractivity contribution in [2.75, 3.05) is 25.0 Å². The van der Waals surface area contributed by atoms with Crippen molar-refractivity contribution in [1.82, 2.24) is 29.4 Å². The van der Waals surface area contributed by atoms with Crippen LogP contribution >= 0.6 is 11.6 Å². The molecule has 0 spiro atoms. The Kier molecular flexibility index (Phi) is 10.6. The Balaban J connectivity index is 1.00. The predicted molar refractivity (Wildman–Crippen MR) is 193 cm³/mol. The number of pyridine rings is 2. The molecule has 3 aromatic heterocycles. The number of hydrogen-bond donors (Lipinski definition) is 2. The molecule has 15 heteroatoms. The zero-order valence-electron chi connectivity index (χ0n) is 29.9. The standard InChI is InChI=1S/C36H48ClN7O6S/c1-35(2,3)50-34(46)43-22-23(21-36(43,4)5)15-18-38-28-7-6-8-31(39-28)51(47,48)42-33(45)27-13-14-29(40-32(27)37)44-19-16-30(41-44)49-20-17-26(24-9-10-24)25-11-12-25/h6-8,13-14,16,19,23-26H,9-12,15,17-18,20-22H2,1-5H3,(H,38,39)(H,42,45)/t23-/m0/s1. The molecule has 3 fully saturated rings. The molecule has 2 saturated carbocycles. The van der Waals surface area contributed by atoms with Gasteiger partial charge in [0.25, 0.3) is 15.9 Å². The number of ether oxygens (including phenoxy) is 2. The van der Waals surface area contributed by atoms with E-state index in [1.54, 1.807) is 29.3 Å². The minimum atomic E-state index is -4.34. The molecule has 2 N–H and O–H groups in total. The maximum absolute atomic E-state index is 13.2. The number of sulfonamides is 1. The number of anilines is 1. The smallest absolute Gasteiger partial charge is 0.410 e. The van der Waals surface area contributed by atoms with Crippen LogP contribution in [-0.4, -0.2) is 75.9 Å². The Morgan fingerprint density at radius 2 is 1.78 bits per heavy atom. The number of nitrogens with zero attached hydrogens (tertiary/aromatic N) is 5. The van der Waals surface area contributed by atoms with E-state index >= 15 is 0 Å². The monoisotopic (exact) mass is 741 g/mol. The van der Waals surface area contributed by atoms with Crippen LogP contribution in [0.3, 0.4) is 0 Å². The lowest BCUT2D eigenvalue weighted by atomic mass is 9.94. The van der Waals surface area contributed by atoms with Gasteiger partial charge < -0.3 is 19.7 Å². The molecule has 2 aliphatic carbocycles. The van der Waals surface area contributed by atoms with Gasteiger partial charge in [0.1, 0.15) is 16.6 Å². The Morgan fingerprint density at radius 3 is 2.45 bits per heavy atom.